The van der Waals surface area contributed by atoms with Crippen LogP contribution < -0.4 is 18.9 Å². The first kappa shape index (κ1) is 16.4. The van der Waals surface area contributed by atoms with Gasteiger partial charge in [-0.25, -0.2) is 4.98 Å². The van der Waals surface area contributed by atoms with E-state index >= 15 is 0 Å². The summed E-state index contributed by atoms with van der Waals surface area (Å²) in [4.78, 5) is 18.6. The molecule has 2 heterocycles. The molecule has 90 valence electrons. The Morgan fingerprint density at radius 2 is 2.22 bits per heavy atom. The third-order valence-electron chi connectivity index (χ3n) is 2.12. The normalized spacial score (nSPS) is 9.17. The van der Waals surface area contributed by atoms with Gasteiger partial charge in [-0.15, -0.1) is 0 Å². The topological polar surface area (TPSA) is 106 Å². The monoisotopic (exact) mass is 242 g/mol. The molecule has 0 aliphatic carbocycles. The third-order valence-corrected chi connectivity index (χ3v) is 2.12. The van der Waals surface area contributed by atoms with E-state index in [4.69, 9.17) is 9.52 Å². The number of carboxylic acids is 1. The van der Waals surface area contributed by atoms with Crippen molar-refractivity contribution in [1.29, 1.82) is 0 Å². The third kappa shape index (κ3) is 3.70. The molecular formula is C11H11LiN2O4. The van der Waals surface area contributed by atoms with Gasteiger partial charge in [0, 0.05) is 12.4 Å². The van der Waals surface area contributed by atoms with Gasteiger partial charge in [-0.3, -0.25) is 9.78 Å². The average molecular weight is 242 g/mol. The van der Waals surface area contributed by atoms with E-state index in [9.17, 15) is 4.79 Å². The molecule has 2 aromatic rings. The second-order valence-corrected chi connectivity index (χ2v) is 3.33. The maximum absolute atomic E-state index is 10.6. The average Bonchev–Trinajstić information content (AvgIpc) is 2.61. The number of nitrogens with zero attached hydrogens (tertiary/aromatic N) is 2. The minimum atomic E-state index is -0.922. The van der Waals surface area contributed by atoms with Crippen LogP contribution in [0.5, 0.6) is 0 Å². The second-order valence-electron chi connectivity index (χ2n) is 3.33. The molecule has 7 heteroatoms. The molecule has 0 unspecified atom stereocenters. The Morgan fingerprint density at radius 3 is 2.78 bits per heavy atom. The fraction of sp³-hybridized carbons (Fsp3) is 0.182. The summed E-state index contributed by atoms with van der Waals surface area (Å²) < 4.78 is 5.39. The largest absolute Gasteiger partial charge is 1.00 e. The number of aryl methyl sites for hydroxylation is 1. The summed E-state index contributed by atoms with van der Waals surface area (Å²) in [6.45, 7) is 1.70. The van der Waals surface area contributed by atoms with Crippen molar-refractivity contribution in [2.24, 2.45) is 0 Å². The summed E-state index contributed by atoms with van der Waals surface area (Å²) in [5, 5.41) is 8.68. The van der Waals surface area contributed by atoms with Gasteiger partial charge in [-0.05, 0) is 19.1 Å². The summed E-state index contributed by atoms with van der Waals surface area (Å²) in [6.07, 6.45) is 3.14. The molecule has 0 fully saturated rings. The Balaban J connectivity index is 0.00000144. The van der Waals surface area contributed by atoms with E-state index in [1.807, 2.05) is 6.07 Å². The summed E-state index contributed by atoms with van der Waals surface area (Å²) in [5.74, 6) is 0.0113. The molecule has 2 aromatic heterocycles. The number of aromatic nitrogens is 2. The molecule has 0 saturated carbocycles. The fourth-order valence-corrected chi connectivity index (χ4v) is 1.35. The van der Waals surface area contributed by atoms with Gasteiger partial charge in [0.05, 0.1) is 17.7 Å². The van der Waals surface area contributed by atoms with Crippen molar-refractivity contribution >= 4 is 5.97 Å². The van der Waals surface area contributed by atoms with Crippen LogP contribution in [-0.4, -0.2) is 26.5 Å². The zero-order valence-electron chi connectivity index (χ0n) is 10.1. The molecule has 0 aliphatic rings. The van der Waals surface area contributed by atoms with Crippen molar-refractivity contribution in [3.05, 3.63) is 36.0 Å². The van der Waals surface area contributed by atoms with Crippen LogP contribution in [-0.2, 0) is 11.2 Å². The van der Waals surface area contributed by atoms with E-state index in [0.717, 1.165) is 5.56 Å². The van der Waals surface area contributed by atoms with Crippen molar-refractivity contribution in [2.75, 3.05) is 0 Å². The number of carboxylic acid groups (broad SMARTS) is 1. The minimum Gasteiger partial charge on any atom is -0.870 e. The number of pyridine rings is 1. The van der Waals surface area contributed by atoms with Crippen molar-refractivity contribution in [2.45, 2.75) is 13.3 Å². The van der Waals surface area contributed by atoms with Crippen LogP contribution in [0.4, 0.5) is 0 Å². The number of hydrogen-bond acceptors (Lipinski definition) is 5. The summed E-state index contributed by atoms with van der Waals surface area (Å²) in [7, 11) is 0. The number of carbonyl (C=O) groups is 1. The van der Waals surface area contributed by atoms with Crippen LogP contribution in [0.1, 0.15) is 11.5 Å². The number of oxazole rings is 1. The Labute approximate surface area is 116 Å². The van der Waals surface area contributed by atoms with E-state index in [-0.39, 0.29) is 30.8 Å². The quantitative estimate of drug-likeness (QED) is 0.656. The van der Waals surface area contributed by atoms with E-state index in [1.165, 1.54) is 0 Å². The van der Waals surface area contributed by atoms with Crippen LogP contribution in [0.2, 0.25) is 0 Å². The van der Waals surface area contributed by atoms with Gasteiger partial charge >= 0.3 is 24.8 Å². The summed E-state index contributed by atoms with van der Waals surface area (Å²) in [5.41, 5.74) is 1.19. The van der Waals surface area contributed by atoms with Gasteiger partial charge in [0.1, 0.15) is 5.76 Å². The molecule has 2 rings (SSSR count). The Kier molecular flexibility index (Phi) is 6.34. The first-order valence-corrected chi connectivity index (χ1v) is 4.75. The van der Waals surface area contributed by atoms with Gasteiger partial charge in [0.2, 0.25) is 5.89 Å². The number of rotatable bonds is 3. The second kappa shape index (κ2) is 6.96. The molecule has 0 saturated heterocycles. The smallest absolute Gasteiger partial charge is 0.870 e. The van der Waals surface area contributed by atoms with Gasteiger partial charge < -0.3 is 15.0 Å². The van der Waals surface area contributed by atoms with Crippen LogP contribution >= 0.6 is 0 Å². The van der Waals surface area contributed by atoms with E-state index in [1.54, 1.807) is 25.4 Å². The van der Waals surface area contributed by atoms with Crippen LogP contribution in [0.15, 0.2) is 28.9 Å². The molecule has 0 aliphatic heterocycles. The first-order chi connectivity index (χ1) is 7.66. The minimum absolute atomic E-state index is 0. The standard InChI is InChI=1S/C11H10N2O3.Li.H2O/c1-7-9(5-10(14)15)13-11(16-7)8-3-2-4-12-6-8;;/h2-4,6H,5H2,1H3,(H,14,15);;1H2/q;+1;/p-1. The molecular weight excluding hydrogens is 231 g/mol. The van der Waals surface area contributed by atoms with Crippen molar-refractivity contribution in [3.63, 3.8) is 0 Å². The maximum atomic E-state index is 10.6. The van der Waals surface area contributed by atoms with E-state index in [2.05, 4.69) is 9.97 Å². The maximum Gasteiger partial charge on any atom is 1.00 e. The molecule has 0 amide bonds. The van der Waals surface area contributed by atoms with E-state index < -0.39 is 5.97 Å². The van der Waals surface area contributed by atoms with Gasteiger partial charge in [-0.2, -0.15) is 0 Å². The predicted octanol–water partition coefficient (Wildman–Crippen LogP) is -1.50. The number of aliphatic carboxylic acids is 1. The first-order valence-electron chi connectivity index (χ1n) is 4.75. The van der Waals surface area contributed by atoms with Crippen LogP contribution in [0.3, 0.4) is 0 Å². The zero-order valence-corrected chi connectivity index (χ0v) is 10.1. The SMILES string of the molecule is Cc1oc(-c2cccnc2)nc1CC(=O)O.[Li+].[OH-]. The fourth-order valence-electron chi connectivity index (χ4n) is 1.35. The zero-order chi connectivity index (χ0) is 11.5. The summed E-state index contributed by atoms with van der Waals surface area (Å²) in [6, 6.07) is 3.58. The molecule has 0 bridgehead atoms. The molecule has 0 spiro atoms. The van der Waals surface area contributed by atoms with Gasteiger partial charge in [0.25, 0.3) is 0 Å². The van der Waals surface area contributed by atoms with Gasteiger partial charge in [-0.1, -0.05) is 0 Å². The molecule has 0 atom stereocenters. The Bertz CT molecular complexity index is 513. The van der Waals surface area contributed by atoms with Gasteiger partial charge in [0.15, 0.2) is 0 Å². The molecule has 0 radical (unpaired) electrons. The van der Waals surface area contributed by atoms with Crippen molar-refractivity contribution in [1.82, 2.24) is 9.97 Å². The number of hydrogen-bond donors (Lipinski definition) is 1. The molecule has 6 nitrogen and oxygen atoms in total. The predicted molar refractivity (Wildman–Crippen MR) is 57.7 cm³/mol. The van der Waals surface area contributed by atoms with Crippen LogP contribution in [0.25, 0.3) is 11.5 Å². The van der Waals surface area contributed by atoms with Crippen LogP contribution in [0, 0.1) is 6.92 Å². The molecule has 18 heavy (non-hydrogen) atoms. The van der Waals surface area contributed by atoms with Crippen molar-refractivity contribution in [3.8, 4) is 11.5 Å². The van der Waals surface area contributed by atoms with Crippen molar-refractivity contribution < 1.29 is 38.7 Å². The van der Waals surface area contributed by atoms with E-state index in [0.29, 0.717) is 17.3 Å². The Morgan fingerprint density at radius 1 is 1.50 bits per heavy atom. The molecule has 0 aromatic carbocycles. The molecule has 2 N–H and O–H groups in total. The summed E-state index contributed by atoms with van der Waals surface area (Å²) >= 11 is 0. The Hall–Kier alpha value is -1.61.